The fourth-order valence-corrected chi connectivity index (χ4v) is 0.535. The molecule has 0 heteroatoms. The highest BCUT2D eigenvalue weighted by molar-refractivity contribution is 4.87. The second kappa shape index (κ2) is 5.87. The summed E-state index contributed by atoms with van der Waals surface area (Å²) in [6.07, 6.45) is 2.48. The van der Waals surface area contributed by atoms with Crippen molar-refractivity contribution in [1.29, 1.82) is 0 Å². The normalized spacial score (nSPS) is 8.89. The number of rotatable bonds is 3. The van der Waals surface area contributed by atoms with Crippen molar-refractivity contribution in [2.45, 2.75) is 41.0 Å². The van der Waals surface area contributed by atoms with Crippen LogP contribution < -0.4 is 0 Å². The van der Waals surface area contributed by atoms with Gasteiger partial charge in [-0.2, -0.15) is 0 Å². The zero-order valence-corrected chi connectivity index (χ0v) is 6.20. The first-order valence-electron chi connectivity index (χ1n) is 3.27. The molecule has 0 spiro atoms. The van der Waals surface area contributed by atoms with Crippen LogP contribution in [-0.4, -0.2) is 0 Å². The number of hydrogen-bond donors (Lipinski definition) is 0. The van der Waals surface area contributed by atoms with Gasteiger partial charge in [0, 0.05) is 0 Å². The largest absolute Gasteiger partial charge is 0.100 e. The molecule has 0 aliphatic carbocycles. The fraction of sp³-hybridized carbons (Fsp3) is 0.778. The topological polar surface area (TPSA) is 0 Å². The third-order valence-corrected chi connectivity index (χ3v) is 1.15. The van der Waals surface area contributed by atoms with E-state index in [0.29, 0.717) is 0 Å². The standard InChI is InChI=1S/C8H16.CH4/c1-7(2)5-6-8(3)4;/h8H,1,5-6H2,2-4H3;1H4. The molecule has 9 heavy (non-hydrogen) atoms. The summed E-state index contributed by atoms with van der Waals surface area (Å²) in [6.45, 7) is 10.4. The van der Waals surface area contributed by atoms with E-state index in [2.05, 4.69) is 27.4 Å². The second-order valence-corrected chi connectivity index (χ2v) is 2.89. The highest BCUT2D eigenvalue weighted by Gasteiger charge is 1.91. The van der Waals surface area contributed by atoms with Crippen LogP contribution in [-0.2, 0) is 0 Å². The van der Waals surface area contributed by atoms with Crippen LogP contribution in [0.5, 0.6) is 0 Å². The molecule has 0 saturated carbocycles. The lowest BCUT2D eigenvalue weighted by atomic mass is 10.1. The second-order valence-electron chi connectivity index (χ2n) is 2.89. The molecule has 0 atom stereocenters. The first-order chi connectivity index (χ1) is 3.63. The van der Waals surface area contributed by atoms with Crippen LogP contribution in [0.1, 0.15) is 41.0 Å². The summed E-state index contributed by atoms with van der Waals surface area (Å²) in [5.74, 6) is 0.826. The average molecular weight is 128 g/mol. The Bertz CT molecular complexity index is 70.1. The van der Waals surface area contributed by atoms with Crippen molar-refractivity contribution in [3.05, 3.63) is 12.2 Å². The van der Waals surface area contributed by atoms with Gasteiger partial charge < -0.3 is 0 Å². The lowest BCUT2D eigenvalue weighted by Gasteiger charge is -2.01. The molecule has 56 valence electrons. The van der Waals surface area contributed by atoms with Gasteiger partial charge in [0.05, 0.1) is 0 Å². The van der Waals surface area contributed by atoms with Gasteiger partial charge in [0.2, 0.25) is 0 Å². The smallest absolute Gasteiger partial charge is 0.0323 e. The minimum absolute atomic E-state index is 0. The zero-order chi connectivity index (χ0) is 6.57. The maximum atomic E-state index is 3.83. The van der Waals surface area contributed by atoms with Gasteiger partial charge in [0.15, 0.2) is 0 Å². The number of hydrogen-bond acceptors (Lipinski definition) is 0. The van der Waals surface area contributed by atoms with E-state index in [-0.39, 0.29) is 7.43 Å². The van der Waals surface area contributed by atoms with E-state index in [0.717, 1.165) is 5.92 Å². The van der Waals surface area contributed by atoms with Crippen LogP contribution in [0, 0.1) is 5.92 Å². The van der Waals surface area contributed by atoms with E-state index in [1.807, 2.05) is 0 Å². The summed E-state index contributed by atoms with van der Waals surface area (Å²) in [5, 5.41) is 0. The Labute approximate surface area is 60.0 Å². The highest BCUT2D eigenvalue weighted by atomic mass is 14.0. The van der Waals surface area contributed by atoms with Crippen LogP contribution in [0.25, 0.3) is 0 Å². The molecular weight excluding hydrogens is 108 g/mol. The molecular formula is C9H20. The maximum absolute atomic E-state index is 3.83. The molecule has 0 aliphatic heterocycles. The van der Waals surface area contributed by atoms with Crippen molar-refractivity contribution < 1.29 is 0 Å². The molecule has 0 fully saturated rings. The molecule has 0 radical (unpaired) electrons. The van der Waals surface area contributed by atoms with Gasteiger partial charge in [-0.3, -0.25) is 0 Å². The molecule has 0 N–H and O–H groups in total. The zero-order valence-electron chi connectivity index (χ0n) is 6.20. The van der Waals surface area contributed by atoms with Crippen LogP contribution in [0.3, 0.4) is 0 Å². The van der Waals surface area contributed by atoms with E-state index in [1.165, 1.54) is 18.4 Å². The molecule has 0 aromatic carbocycles. The Morgan fingerprint density at radius 1 is 1.44 bits per heavy atom. The molecule has 0 nitrogen and oxygen atoms in total. The van der Waals surface area contributed by atoms with Crippen LogP contribution >= 0.6 is 0 Å². The third kappa shape index (κ3) is 11.4. The van der Waals surface area contributed by atoms with Crippen molar-refractivity contribution in [3.63, 3.8) is 0 Å². The summed E-state index contributed by atoms with van der Waals surface area (Å²) in [4.78, 5) is 0. The van der Waals surface area contributed by atoms with Crippen LogP contribution in [0.2, 0.25) is 0 Å². The monoisotopic (exact) mass is 128 g/mol. The van der Waals surface area contributed by atoms with Crippen LogP contribution in [0.15, 0.2) is 12.2 Å². The van der Waals surface area contributed by atoms with Gasteiger partial charge in [-0.25, -0.2) is 0 Å². The molecule has 0 heterocycles. The summed E-state index contributed by atoms with van der Waals surface area (Å²) in [6, 6.07) is 0. The van der Waals surface area contributed by atoms with Gasteiger partial charge in [-0.05, 0) is 25.7 Å². The first kappa shape index (κ1) is 11.5. The van der Waals surface area contributed by atoms with E-state index < -0.39 is 0 Å². The predicted octanol–water partition coefficient (Wildman–Crippen LogP) is 3.63. The van der Waals surface area contributed by atoms with Crippen LogP contribution in [0.4, 0.5) is 0 Å². The van der Waals surface area contributed by atoms with Gasteiger partial charge in [-0.15, -0.1) is 6.58 Å². The maximum Gasteiger partial charge on any atom is -0.0323 e. The van der Waals surface area contributed by atoms with E-state index in [9.17, 15) is 0 Å². The summed E-state index contributed by atoms with van der Waals surface area (Å²) >= 11 is 0. The van der Waals surface area contributed by atoms with E-state index >= 15 is 0 Å². The minimum Gasteiger partial charge on any atom is -0.100 e. The molecule has 0 aromatic heterocycles. The highest BCUT2D eigenvalue weighted by Crippen LogP contribution is 2.07. The Hall–Kier alpha value is -0.260. The fourth-order valence-electron chi connectivity index (χ4n) is 0.535. The Morgan fingerprint density at radius 2 is 1.89 bits per heavy atom. The summed E-state index contributed by atoms with van der Waals surface area (Å²) < 4.78 is 0. The van der Waals surface area contributed by atoms with Crippen molar-refractivity contribution in [3.8, 4) is 0 Å². The lowest BCUT2D eigenvalue weighted by molar-refractivity contribution is 0.585. The summed E-state index contributed by atoms with van der Waals surface area (Å²) in [7, 11) is 0. The molecule has 0 rings (SSSR count). The van der Waals surface area contributed by atoms with Crippen molar-refractivity contribution >= 4 is 0 Å². The Balaban J connectivity index is 0. The lowest BCUT2D eigenvalue weighted by Crippen LogP contribution is -1.85. The van der Waals surface area contributed by atoms with Gasteiger partial charge >= 0.3 is 0 Å². The Kier molecular flexibility index (Phi) is 7.52. The molecule has 0 aliphatic rings. The van der Waals surface area contributed by atoms with Gasteiger partial charge in [0.1, 0.15) is 0 Å². The third-order valence-electron chi connectivity index (χ3n) is 1.15. The predicted molar refractivity (Wildman–Crippen MR) is 45.6 cm³/mol. The van der Waals surface area contributed by atoms with Gasteiger partial charge in [0.25, 0.3) is 0 Å². The first-order valence-corrected chi connectivity index (χ1v) is 3.27. The van der Waals surface area contributed by atoms with E-state index in [4.69, 9.17) is 0 Å². The molecule has 0 bridgehead atoms. The molecule has 0 unspecified atom stereocenters. The Morgan fingerprint density at radius 3 is 2.00 bits per heavy atom. The van der Waals surface area contributed by atoms with Crippen molar-refractivity contribution in [2.24, 2.45) is 5.92 Å². The molecule has 0 amide bonds. The van der Waals surface area contributed by atoms with E-state index in [1.54, 1.807) is 0 Å². The molecule has 0 aromatic rings. The van der Waals surface area contributed by atoms with Gasteiger partial charge in [-0.1, -0.05) is 26.8 Å². The minimum atomic E-state index is 0. The summed E-state index contributed by atoms with van der Waals surface area (Å²) in [5.41, 5.74) is 1.30. The average Bonchev–Trinajstić information content (AvgIpc) is 1.61. The SMILES string of the molecule is C.C=C(C)CCC(C)C. The molecule has 0 saturated heterocycles. The van der Waals surface area contributed by atoms with Crippen molar-refractivity contribution in [1.82, 2.24) is 0 Å². The number of allylic oxidation sites excluding steroid dienone is 1. The van der Waals surface area contributed by atoms with Crippen molar-refractivity contribution in [2.75, 3.05) is 0 Å². The quantitative estimate of drug-likeness (QED) is 0.509.